The summed E-state index contributed by atoms with van der Waals surface area (Å²) < 4.78 is 1.40. The maximum atomic E-state index is 11.0. The van der Waals surface area contributed by atoms with E-state index in [2.05, 4.69) is 10.4 Å². The van der Waals surface area contributed by atoms with Crippen LogP contribution in [-0.2, 0) is 11.8 Å². The van der Waals surface area contributed by atoms with Gasteiger partial charge in [0.2, 0.25) is 5.82 Å². The van der Waals surface area contributed by atoms with Crippen LogP contribution in [0.1, 0.15) is 12.1 Å². The highest BCUT2D eigenvalue weighted by molar-refractivity contribution is 5.73. The number of hydrogen-bond acceptors (Lipinski definition) is 5. The summed E-state index contributed by atoms with van der Waals surface area (Å²) in [4.78, 5) is 21.4. The number of aryl methyl sites for hydroxylation is 2. The van der Waals surface area contributed by atoms with Crippen LogP contribution in [0.5, 0.6) is 0 Å². The second kappa shape index (κ2) is 4.71. The number of nitrogens with one attached hydrogen (secondary N) is 1. The van der Waals surface area contributed by atoms with Gasteiger partial charge in [-0.15, -0.1) is 0 Å². The molecule has 0 saturated heterocycles. The molecule has 0 aliphatic heterocycles. The maximum Gasteiger partial charge on any atom is 0.333 e. The molecular formula is C11H14N4O4. The van der Waals surface area contributed by atoms with Crippen molar-refractivity contribution in [2.24, 2.45) is 13.0 Å². The fourth-order valence-corrected chi connectivity index (χ4v) is 2.19. The van der Waals surface area contributed by atoms with Crippen molar-refractivity contribution >= 4 is 17.5 Å². The van der Waals surface area contributed by atoms with Crippen molar-refractivity contribution in [2.45, 2.75) is 19.4 Å². The lowest BCUT2D eigenvalue weighted by atomic mass is 10.1. The molecule has 2 atom stereocenters. The molecule has 0 bridgehead atoms. The van der Waals surface area contributed by atoms with E-state index in [1.54, 1.807) is 26.1 Å². The minimum Gasteiger partial charge on any atom is -0.481 e. The summed E-state index contributed by atoms with van der Waals surface area (Å²) in [7, 11) is 1.61. The molecule has 102 valence electrons. The van der Waals surface area contributed by atoms with E-state index >= 15 is 0 Å². The van der Waals surface area contributed by atoms with Crippen molar-refractivity contribution in [1.82, 2.24) is 9.78 Å². The molecule has 8 heteroatoms. The molecule has 2 rings (SSSR count). The minimum atomic E-state index is -0.892. The van der Waals surface area contributed by atoms with E-state index in [1.807, 2.05) is 0 Å². The molecule has 0 radical (unpaired) electrons. The summed E-state index contributed by atoms with van der Waals surface area (Å²) in [5.41, 5.74) is 0.251. The van der Waals surface area contributed by atoms with Crippen LogP contribution in [0.2, 0.25) is 0 Å². The van der Waals surface area contributed by atoms with Crippen LogP contribution in [0.4, 0.5) is 11.5 Å². The Balaban J connectivity index is 2.19. The van der Waals surface area contributed by atoms with Crippen LogP contribution in [0, 0.1) is 23.0 Å². The summed E-state index contributed by atoms with van der Waals surface area (Å²) in [5.74, 6) is -1.15. The third kappa shape index (κ3) is 2.42. The molecule has 1 aromatic rings. The number of nitro groups is 1. The van der Waals surface area contributed by atoms with Gasteiger partial charge in [-0.3, -0.25) is 14.9 Å². The zero-order chi connectivity index (χ0) is 14.2. The number of carboxylic acid groups (broad SMARTS) is 1. The van der Waals surface area contributed by atoms with Gasteiger partial charge in [-0.05, 0) is 13.3 Å². The quantitative estimate of drug-likeness (QED) is 0.479. The summed E-state index contributed by atoms with van der Waals surface area (Å²) >= 11 is 0. The van der Waals surface area contributed by atoms with E-state index in [4.69, 9.17) is 5.11 Å². The number of aliphatic carboxylic acids is 1. The van der Waals surface area contributed by atoms with E-state index in [1.165, 1.54) is 4.68 Å². The third-order valence-electron chi connectivity index (χ3n) is 3.10. The Kier molecular flexibility index (Phi) is 3.24. The number of carboxylic acids is 1. The summed E-state index contributed by atoms with van der Waals surface area (Å²) in [6.07, 6.45) is 3.68. The average Bonchev–Trinajstić information content (AvgIpc) is 2.85. The van der Waals surface area contributed by atoms with E-state index in [9.17, 15) is 14.9 Å². The lowest BCUT2D eigenvalue weighted by molar-refractivity contribution is -0.384. The number of aromatic nitrogens is 2. The highest BCUT2D eigenvalue weighted by Gasteiger charge is 2.29. The molecular weight excluding hydrogens is 252 g/mol. The largest absolute Gasteiger partial charge is 0.481 e. The van der Waals surface area contributed by atoms with Gasteiger partial charge in [0.15, 0.2) is 0 Å². The lowest BCUT2D eigenvalue weighted by Gasteiger charge is -2.12. The van der Waals surface area contributed by atoms with Gasteiger partial charge in [-0.2, -0.15) is 5.10 Å². The number of nitrogens with zero attached hydrogens (tertiary/aromatic N) is 3. The van der Waals surface area contributed by atoms with Crippen molar-refractivity contribution in [3.63, 3.8) is 0 Å². The predicted molar refractivity (Wildman–Crippen MR) is 66.9 cm³/mol. The third-order valence-corrected chi connectivity index (χ3v) is 3.10. The summed E-state index contributed by atoms with van der Waals surface area (Å²) in [5, 5.41) is 26.9. The standard InChI is InChI=1S/C11H14N4O4/c1-6-9(15(18)19)10(14(2)13-6)12-8-4-3-7(5-8)11(16)17/h3-4,7-8,12H,5H2,1-2H3,(H,16,17). The fourth-order valence-electron chi connectivity index (χ4n) is 2.19. The Labute approximate surface area is 108 Å². The molecule has 2 N–H and O–H groups in total. The number of anilines is 1. The molecule has 2 unspecified atom stereocenters. The van der Waals surface area contributed by atoms with Gasteiger partial charge in [0, 0.05) is 13.1 Å². The average molecular weight is 266 g/mol. The van der Waals surface area contributed by atoms with Crippen molar-refractivity contribution in [3.05, 3.63) is 28.0 Å². The topological polar surface area (TPSA) is 110 Å². The van der Waals surface area contributed by atoms with Gasteiger partial charge >= 0.3 is 11.7 Å². The van der Waals surface area contributed by atoms with Gasteiger partial charge in [0.25, 0.3) is 0 Å². The van der Waals surface area contributed by atoms with Gasteiger partial charge < -0.3 is 10.4 Å². The monoisotopic (exact) mass is 266 g/mol. The SMILES string of the molecule is Cc1nn(C)c(NC2C=CC(C(=O)O)C2)c1[N+](=O)[O-]. The fraction of sp³-hybridized carbons (Fsp3) is 0.455. The van der Waals surface area contributed by atoms with Gasteiger partial charge in [0.1, 0.15) is 5.69 Å². The zero-order valence-electron chi connectivity index (χ0n) is 10.5. The van der Waals surface area contributed by atoms with E-state index in [-0.39, 0.29) is 11.7 Å². The summed E-state index contributed by atoms with van der Waals surface area (Å²) in [6, 6.07) is -0.241. The van der Waals surface area contributed by atoms with E-state index in [0.29, 0.717) is 17.9 Å². The second-order valence-corrected chi connectivity index (χ2v) is 4.48. The van der Waals surface area contributed by atoms with Gasteiger partial charge in [-0.25, -0.2) is 4.68 Å². The molecule has 8 nitrogen and oxygen atoms in total. The zero-order valence-corrected chi connectivity index (χ0v) is 10.5. The molecule has 1 aromatic heterocycles. The smallest absolute Gasteiger partial charge is 0.333 e. The Bertz CT molecular complexity index is 563. The molecule has 19 heavy (non-hydrogen) atoms. The number of carbonyl (C=O) groups is 1. The van der Waals surface area contributed by atoms with Crippen LogP contribution >= 0.6 is 0 Å². The Morgan fingerprint density at radius 3 is 2.84 bits per heavy atom. The van der Waals surface area contributed by atoms with Crippen molar-refractivity contribution < 1.29 is 14.8 Å². The summed E-state index contributed by atoms with van der Waals surface area (Å²) in [6.45, 7) is 1.56. The first-order valence-electron chi connectivity index (χ1n) is 5.75. The predicted octanol–water partition coefficient (Wildman–Crippen LogP) is 1.08. The highest BCUT2D eigenvalue weighted by atomic mass is 16.6. The number of hydrogen-bond donors (Lipinski definition) is 2. The molecule has 1 aliphatic rings. The molecule has 0 saturated carbocycles. The van der Waals surface area contributed by atoms with Crippen molar-refractivity contribution in [1.29, 1.82) is 0 Å². The number of rotatable bonds is 4. The molecule has 0 spiro atoms. The van der Waals surface area contributed by atoms with Gasteiger partial charge in [-0.1, -0.05) is 12.2 Å². The Morgan fingerprint density at radius 1 is 1.63 bits per heavy atom. The molecule has 0 fully saturated rings. The molecule has 1 aliphatic carbocycles. The maximum absolute atomic E-state index is 11.0. The van der Waals surface area contributed by atoms with Crippen molar-refractivity contribution in [3.8, 4) is 0 Å². The van der Waals surface area contributed by atoms with Gasteiger partial charge in [0.05, 0.1) is 10.8 Å². The lowest BCUT2D eigenvalue weighted by Crippen LogP contribution is -2.20. The Morgan fingerprint density at radius 2 is 2.32 bits per heavy atom. The first-order valence-corrected chi connectivity index (χ1v) is 5.75. The van der Waals surface area contributed by atoms with Crippen LogP contribution < -0.4 is 5.32 Å². The first-order chi connectivity index (χ1) is 8.90. The normalized spacial score (nSPS) is 21.6. The van der Waals surface area contributed by atoms with E-state index < -0.39 is 16.8 Å². The van der Waals surface area contributed by atoms with Crippen LogP contribution in [-0.4, -0.2) is 31.8 Å². The van der Waals surface area contributed by atoms with Crippen LogP contribution in [0.3, 0.4) is 0 Å². The van der Waals surface area contributed by atoms with Crippen LogP contribution in [0.15, 0.2) is 12.2 Å². The van der Waals surface area contributed by atoms with Crippen molar-refractivity contribution in [2.75, 3.05) is 5.32 Å². The minimum absolute atomic E-state index is 0.0744. The highest BCUT2D eigenvalue weighted by Crippen LogP contribution is 2.30. The molecule has 1 heterocycles. The molecule has 0 amide bonds. The van der Waals surface area contributed by atoms with E-state index in [0.717, 1.165) is 0 Å². The molecule has 0 aromatic carbocycles. The first kappa shape index (κ1) is 13.1. The Hall–Kier alpha value is -2.38. The second-order valence-electron chi connectivity index (χ2n) is 4.48. The van der Waals surface area contributed by atoms with Crippen LogP contribution in [0.25, 0.3) is 0 Å².